The van der Waals surface area contributed by atoms with Crippen molar-refractivity contribution in [2.75, 3.05) is 7.11 Å². The van der Waals surface area contributed by atoms with E-state index in [2.05, 4.69) is 0 Å². The van der Waals surface area contributed by atoms with E-state index in [1.165, 1.54) is 7.11 Å². The summed E-state index contributed by atoms with van der Waals surface area (Å²) in [5, 5.41) is 8.17. The van der Waals surface area contributed by atoms with Gasteiger partial charge in [0, 0.05) is 13.5 Å². The molecular weight excluding hydrogens is 189 g/mol. The van der Waals surface area contributed by atoms with Crippen LogP contribution in [0.25, 0.3) is 0 Å². The summed E-state index contributed by atoms with van der Waals surface area (Å²) < 4.78 is 4.84. The Morgan fingerprint density at radius 1 is 1.60 bits per heavy atom. The molecule has 0 aromatic heterocycles. The van der Waals surface area contributed by atoms with Gasteiger partial charge in [0.1, 0.15) is 0 Å². The van der Waals surface area contributed by atoms with Crippen molar-refractivity contribution in [1.82, 2.24) is 0 Å². The first kappa shape index (κ1) is 10.2. The molecular formula is C5H9Cl2NOSi. The molecule has 58 valence electrons. The highest BCUT2D eigenvalue weighted by atomic mass is 35.7. The number of unbranched alkanes of at least 4 members (excludes halogenated alkanes) is 1. The summed E-state index contributed by atoms with van der Waals surface area (Å²) in [5.74, 6) is 0. The van der Waals surface area contributed by atoms with Crippen LogP contribution in [0.5, 0.6) is 0 Å². The fourth-order valence-electron chi connectivity index (χ4n) is 0.475. The molecule has 0 aliphatic rings. The van der Waals surface area contributed by atoms with Gasteiger partial charge in [0.25, 0.3) is 0 Å². The van der Waals surface area contributed by atoms with Gasteiger partial charge in [-0.15, -0.1) is 22.2 Å². The molecule has 0 amide bonds. The Bertz CT molecular complexity index is 134. The van der Waals surface area contributed by atoms with E-state index in [1.54, 1.807) is 0 Å². The van der Waals surface area contributed by atoms with Crippen molar-refractivity contribution in [2.24, 2.45) is 0 Å². The normalized spacial score (nSPS) is 11.0. The number of rotatable bonds is 4. The quantitative estimate of drug-likeness (QED) is 0.394. The molecule has 0 aromatic carbocycles. The molecule has 5 heteroatoms. The lowest BCUT2D eigenvalue weighted by molar-refractivity contribution is 0.425. The Hall–Kier alpha value is 0.247. The summed E-state index contributed by atoms with van der Waals surface area (Å²) in [6, 6.07) is 2.64. The minimum absolute atomic E-state index is 0.498. The van der Waals surface area contributed by atoms with Gasteiger partial charge < -0.3 is 4.43 Å². The first-order valence-corrected chi connectivity index (χ1v) is 7.06. The average Bonchev–Trinajstić information content (AvgIpc) is 1.89. The Labute approximate surface area is 71.2 Å². The third kappa shape index (κ3) is 5.07. The molecule has 0 heterocycles. The summed E-state index contributed by atoms with van der Waals surface area (Å²) in [6.45, 7) is -2.42. The second kappa shape index (κ2) is 4.97. The molecule has 0 fully saturated rings. The van der Waals surface area contributed by atoms with Crippen molar-refractivity contribution in [3.63, 3.8) is 0 Å². The molecule has 0 aromatic rings. The zero-order chi connectivity index (χ0) is 8.04. The van der Waals surface area contributed by atoms with E-state index in [9.17, 15) is 0 Å². The lowest BCUT2D eigenvalue weighted by atomic mass is 10.4. The van der Waals surface area contributed by atoms with E-state index in [-0.39, 0.29) is 0 Å². The van der Waals surface area contributed by atoms with Gasteiger partial charge in [-0.3, -0.25) is 0 Å². The van der Waals surface area contributed by atoms with Crippen LogP contribution in [0.3, 0.4) is 0 Å². The van der Waals surface area contributed by atoms with Crippen LogP contribution in [0.15, 0.2) is 0 Å². The van der Waals surface area contributed by atoms with Gasteiger partial charge in [0.2, 0.25) is 0 Å². The van der Waals surface area contributed by atoms with Crippen LogP contribution >= 0.6 is 22.2 Å². The van der Waals surface area contributed by atoms with Crippen molar-refractivity contribution in [3.8, 4) is 6.07 Å². The maximum absolute atomic E-state index is 8.17. The van der Waals surface area contributed by atoms with Gasteiger partial charge in [0.05, 0.1) is 6.07 Å². The maximum atomic E-state index is 8.17. The second-order valence-electron chi connectivity index (χ2n) is 1.85. The van der Waals surface area contributed by atoms with Crippen LogP contribution in [0, 0.1) is 11.3 Å². The van der Waals surface area contributed by atoms with Crippen molar-refractivity contribution in [2.45, 2.75) is 18.9 Å². The molecule has 0 aliphatic carbocycles. The molecule has 10 heavy (non-hydrogen) atoms. The summed E-state index contributed by atoms with van der Waals surface area (Å²) in [5.41, 5.74) is 0. The predicted octanol–water partition coefficient (Wildman–Crippen LogP) is 2.35. The molecule has 0 aliphatic heterocycles. The zero-order valence-corrected chi connectivity index (χ0v) is 8.24. The molecule has 0 saturated heterocycles. The van der Waals surface area contributed by atoms with E-state index >= 15 is 0 Å². The van der Waals surface area contributed by atoms with E-state index < -0.39 is 6.94 Å². The molecule has 0 N–H and O–H groups in total. The predicted molar refractivity (Wildman–Crippen MR) is 44.1 cm³/mol. The molecule has 0 atom stereocenters. The number of nitrogens with zero attached hydrogens (tertiary/aromatic N) is 1. The standard InChI is InChI=1S/C5H9Cl2NOSi/c1-9-10(6,7)5-3-2-4-8/h2-3,5H2,1H3. The minimum atomic E-state index is -2.42. The third-order valence-electron chi connectivity index (χ3n) is 1.06. The van der Waals surface area contributed by atoms with Crippen LogP contribution < -0.4 is 0 Å². The van der Waals surface area contributed by atoms with Crippen molar-refractivity contribution < 1.29 is 4.43 Å². The Morgan fingerprint density at radius 2 is 2.20 bits per heavy atom. The number of nitriles is 1. The average molecular weight is 198 g/mol. The van der Waals surface area contributed by atoms with Crippen LogP contribution in [-0.4, -0.2) is 14.0 Å². The topological polar surface area (TPSA) is 33.0 Å². The maximum Gasteiger partial charge on any atom is 0.389 e. The van der Waals surface area contributed by atoms with E-state index in [4.69, 9.17) is 31.8 Å². The van der Waals surface area contributed by atoms with Gasteiger partial charge in [-0.2, -0.15) is 5.26 Å². The van der Waals surface area contributed by atoms with Crippen LogP contribution in [-0.2, 0) is 4.43 Å². The summed E-state index contributed by atoms with van der Waals surface area (Å²) in [4.78, 5) is 0. The lowest BCUT2D eigenvalue weighted by Gasteiger charge is -2.11. The molecule has 2 nitrogen and oxygen atoms in total. The lowest BCUT2D eigenvalue weighted by Crippen LogP contribution is -2.21. The van der Waals surface area contributed by atoms with Crippen molar-refractivity contribution >= 4 is 29.1 Å². The Balaban J connectivity index is 3.39. The van der Waals surface area contributed by atoms with Crippen LogP contribution in [0.2, 0.25) is 6.04 Å². The third-order valence-corrected chi connectivity index (χ3v) is 4.65. The van der Waals surface area contributed by atoms with Gasteiger partial charge in [-0.25, -0.2) is 0 Å². The first-order chi connectivity index (χ1) is 4.62. The van der Waals surface area contributed by atoms with Gasteiger partial charge in [-0.05, 0) is 12.5 Å². The van der Waals surface area contributed by atoms with Gasteiger partial charge >= 0.3 is 6.94 Å². The Kier molecular flexibility index (Phi) is 5.09. The first-order valence-electron chi connectivity index (χ1n) is 2.92. The highest BCUT2D eigenvalue weighted by Gasteiger charge is 2.27. The molecule has 0 rings (SSSR count). The zero-order valence-electron chi connectivity index (χ0n) is 5.73. The van der Waals surface area contributed by atoms with Crippen molar-refractivity contribution in [1.29, 1.82) is 5.26 Å². The molecule has 0 unspecified atom stereocenters. The monoisotopic (exact) mass is 197 g/mol. The Morgan fingerprint density at radius 3 is 2.60 bits per heavy atom. The van der Waals surface area contributed by atoms with Crippen molar-refractivity contribution in [3.05, 3.63) is 0 Å². The largest absolute Gasteiger partial charge is 0.396 e. The fourth-order valence-corrected chi connectivity index (χ4v) is 2.07. The number of halogens is 2. The highest BCUT2D eigenvalue weighted by molar-refractivity contribution is 7.42. The smallest absolute Gasteiger partial charge is 0.389 e. The number of hydrogen-bond donors (Lipinski definition) is 0. The molecule has 0 spiro atoms. The molecule has 0 saturated carbocycles. The second-order valence-corrected chi connectivity index (χ2v) is 8.28. The number of hydrogen-bond acceptors (Lipinski definition) is 2. The molecule has 0 radical (unpaired) electrons. The summed E-state index contributed by atoms with van der Waals surface area (Å²) in [6.07, 6.45) is 1.22. The van der Waals surface area contributed by atoms with Gasteiger partial charge in [-0.1, -0.05) is 0 Å². The van der Waals surface area contributed by atoms with E-state index in [1.807, 2.05) is 6.07 Å². The van der Waals surface area contributed by atoms with E-state index in [0.29, 0.717) is 12.5 Å². The van der Waals surface area contributed by atoms with Gasteiger partial charge in [0.15, 0.2) is 0 Å². The fraction of sp³-hybridized carbons (Fsp3) is 0.800. The minimum Gasteiger partial charge on any atom is -0.396 e. The van der Waals surface area contributed by atoms with E-state index in [0.717, 1.165) is 6.42 Å². The summed E-state index contributed by atoms with van der Waals surface area (Å²) in [7, 11) is 1.50. The van der Waals surface area contributed by atoms with Crippen LogP contribution in [0.4, 0.5) is 0 Å². The summed E-state index contributed by atoms with van der Waals surface area (Å²) >= 11 is 11.5. The highest BCUT2D eigenvalue weighted by Crippen LogP contribution is 2.22. The SMILES string of the molecule is CO[Si](Cl)(Cl)CCCC#N. The van der Waals surface area contributed by atoms with Crippen LogP contribution in [0.1, 0.15) is 12.8 Å². The molecule has 0 bridgehead atoms.